The van der Waals surface area contributed by atoms with Crippen molar-refractivity contribution >= 4 is 23.0 Å². The Morgan fingerprint density at radius 3 is 3.06 bits per heavy atom. The van der Waals surface area contributed by atoms with E-state index in [2.05, 4.69) is 22.1 Å². The minimum atomic E-state index is 0.621. The van der Waals surface area contributed by atoms with E-state index in [0.29, 0.717) is 4.77 Å². The molecule has 90 valence electrons. The predicted octanol–water partition coefficient (Wildman–Crippen LogP) is 3.04. The van der Waals surface area contributed by atoms with Gasteiger partial charge in [0, 0.05) is 29.6 Å². The first kappa shape index (κ1) is 11.1. The Morgan fingerprint density at radius 1 is 1.33 bits per heavy atom. The summed E-state index contributed by atoms with van der Waals surface area (Å²) < 4.78 is 2.61. The Bertz CT molecular complexity index is 752. The maximum atomic E-state index is 5.31. The number of hydrogen-bond acceptors (Lipinski definition) is 3. The van der Waals surface area contributed by atoms with Gasteiger partial charge < -0.3 is 0 Å². The normalized spacial score (nSPS) is 10.9. The lowest BCUT2D eigenvalue weighted by Crippen LogP contribution is -2.01. The van der Waals surface area contributed by atoms with Crippen molar-refractivity contribution in [2.24, 2.45) is 0 Å². The van der Waals surface area contributed by atoms with Crippen molar-refractivity contribution in [2.45, 2.75) is 13.3 Å². The number of aromatic nitrogens is 4. The molecule has 2 heterocycles. The van der Waals surface area contributed by atoms with E-state index < -0.39 is 0 Å². The number of benzene rings is 1. The van der Waals surface area contributed by atoms with Crippen LogP contribution < -0.4 is 0 Å². The standard InChI is InChI=1S/C13H12N4S/c1-2-12-15-16-13(18)17(12)11-5-3-4-9-8-14-7-6-10(9)11/h3-8H,2H2,1H3,(H,16,18). The van der Waals surface area contributed by atoms with Crippen molar-refractivity contribution in [3.05, 3.63) is 47.3 Å². The molecule has 0 saturated carbocycles. The van der Waals surface area contributed by atoms with Gasteiger partial charge in [-0.2, -0.15) is 5.10 Å². The third-order valence-corrected chi connectivity index (χ3v) is 3.23. The van der Waals surface area contributed by atoms with Crippen LogP contribution in [0.2, 0.25) is 0 Å². The van der Waals surface area contributed by atoms with Crippen LogP contribution in [0, 0.1) is 4.77 Å². The SMILES string of the molecule is CCc1n[nH]c(=S)n1-c1cccc2cnccc12. The molecule has 5 heteroatoms. The van der Waals surface area contributed by atoms with Crippen molar-refractivity contribution in [3.8, 4) is 5.69 Å². The molecule has 3 aromatic rings. The molecule has 0 spiro atoms. The van der Waals surface area contributed by atoms with Crippen LogP contribution in [0.15, 0.2) is 36.7 Å². The largest absolute Gasteiger partial charge is 0.272 e. The first-order valence-electron chi connectivity index (χ1n) is 5.80. The summed E-state index contributed by atoms with van der Waals surface area (Å²) in [6.07, 6.45) is 4.48. The van der Waals surface area contributed by atoms with Crippen LogP contribution in [0.5, 0.6) is 0 Å². The molecule has 0 fully saturated rings. The van der Waals surface area contributed by atoms with Crippen molar-refractivity contribution in [1.29, 1.82) is 0 Å². The lowest BCUT2D eigenvalue weighted by Gasteiger charge is -2.08. The van der Waals surface area contributed by atoms with Gasteiger partial charge >= 0.3 is 0 Å². The summed E-state index contributed by atoms with van der Waals surface area (Å²) in [6.45, 7) is 2.06. The summed E-state index contributed by atoms with van der Waals surface area (Å²) in [5.41, 5.74) is 1.05. The number of pyridine rings is 1. The van der Waals surface area contributed by atoms with Gasteiger partial charge in [0.25, 0.3) is 0 Å². The second-order valence-electron chi connectivity index (χ2n) is 4.01. The minimum absolute atomic E-state index is 0.621. The Kier molecular flexibility index (Phi) is 2.68. The zero-order valence-corrected chi connectivity index (χ0v) is 10.7. The molecule has 4 nitrogen and oxygen atoms in total. The highest BCUT2D eigenvalue weighted by molar-refractivity contribution is 7.71. The van der Waals surface area contributed by atoms with Gasteiger partial charge in [-0.3, -0.25) is 14.6 Å². The molecule has 0 aliphatic heterocycles. The van der Waals surface area contributed by atoms with Crippen LogP contribution in [-0.2, 0) is 6.42 Å². The van der Waals surface area contributed by atoms with Gasteiger partial charge in [0.05, 0.1) is 5.69 Å². The highest BCUT2D eigenvalue weighted by atomic mass is 32.1. The average Bonchev–Trinajstić information content (AvgIpc) is 2.79. The van der Waals surface area contributed by atoms with Crippen LogP contribution in [0.3, 0.4) is 0 Å². The van der Waals surface area contributed by atoms with E-state index in [-0.39, 0.29) is 0 Å². The molecule has 0 aliphatic rings. The Labute approximate surface area is 109 Å². The Hall–Kier alpha value is -2.01. The molecule has 0 atom stereocenters. The maximum Gasteiger partial charge on any atom is 0.199 e. The number of nitrogens with zero attached hydrogens (tertiary/aromatic N) is 3. The van der Waals surface area contributed by atoms with E-state index in [0.717, 1.165) is 28.7 Å². The number of rotatable bonds is 2. The summed E-state index contributed by atoms with van der Waals surface area (Å²) in [6, 6.07) is 8.10. The summed E-state index contributed by atoms with van der Waals surface area (Å²) in [5, 5.41) is 9.32. The van der Waals surface area contributed by atoms with Gasteiger partial charge in [-0.1, -0.05) is 19.1 Å². The predicted molar refractivity (Wildman–Crippen MR) is 73.4 cm³/mol. The monoisotopic (exact) mass is 256 g/mol. The molecule has 0 bridgehead atoms. The van der Waals surface area contributed by atoms with Gasteiger partial charge in [-0.05, 0) is 24.4 Å². The second-order valence-corrected chi connectivity index (χ2v) is 4.39. The van der Waals surface area contributed by atoms with E-state index in [4.69, 9.17) is 12.2 Å². The molecule has 2 aromatic heterocycles. The van der Waals surface area contributed by atoms with E-state index in [1.165, 1.54) is 0 Å². The Morgan fingerprint density at radius 2 is 2.22 bits per heavy atom. The molecule has 0 unspecified atom stereocenters. The third kappa shape index (κ3) is 1.64. The van der Waals surface area contributed by atoms with Crippen LogP contribution in [0.1, 0.15) is 12.7 Å². The number of aryl methyl sites for hydroxylation is 1. The molecule has 0 amide bonds. The van der Waals surface area contributed by atoms with Crippen LogP contribution >= 0.6 is 12.2 Å². The fourth-order valence-corrected chi connectivity index (χ4v) is 2.36. The first-order valence-corrected chi connectivity index (χ1v) is 6.21. The highest BCUT2D eigenvalue weighted by Gasteiger charge is 2.09. The summed E-state index contributed by atoms with van der Waals surface area (Å²) in [5.74, 6) is 0.935. The fraction of sp³-hybridized carbons (Fsp3) is 0.154. The van der Waals surface area contributed by atoms with Crippen LogP contribution in [-0.4, -0.2) is 19.7 Å². The smallest absolute Gasteiger partial charge is 0.199 e. The molecular weight excluding hydrogens is 244 g/mol. The quantitative estimate of drug-likeness (QED) is 0.717. The van der Waals surface area contributed by atoms with Crippen LogP contribution in [0.4, 0.5) is 0 Å². The molecule has 0 saturated heterocycles. The molecule has 1 aromatic carbocycles. The van der Waals surface area contributed by atoms with Gasteiger partial charge in [0.2, 0.25) is 0 Å². The van der Waals surface area contributed by atoms with Crippen LogP contribution in [0.25, 0.3) is 16.5 Å². The molecule has 18 heavy (non-hydrogen) atoms. The maximum absolute atomic E-state index is 5.31. The number of nitrogens with one attached hydrogen (secondary N) is 1. The van der Waals surface area contributed by atoms with E-state index in [9.17, 15) is 0 Å². The molecular formula is C13H12N4S. The van der Waals surface area contributed by atoms with Gasteiger partial charge in [0.15, 0.2) is 4.77 Å². The van der Waals surface area contributed by atoms with E-state index in [1.54, 1.807) is 6.20 Å². The molecule has 3 rings (SSSR count). The fourth-order valence-electron chi connectivity index (χ4n) is 2.12. The number of aromatic amines is 1. The summed E-state index contributed by atoms with van der Waals surface area (Å²) in [4.78, 5) is 4.14. The summed E-state index contributed by atoms with van der Waals surface area (Å²) >= 11 is 5.31. The average molecular weight is 256 g/mol. The van der Waals surface area contributed by atoms with Crippen molar-refractivity contribution in [3.63, 3.8) is 0 Å². The van der Waals surface area contributed by atoms with E-state index in [1.807, 2.05) is 35.0 Å². The van der Waals surface area contributed by atoms with E-state index >= 15 is 0 Å². The highest BCUT2D eigenvalue weighted by Crippen LogP contribution is 2.22. The zero-order chi connectivity index (χ0) is 12.5. The number of fused-ring (bicyclic) bond motifs is 1. The topological polar surface area (TPSA) is 46.5 Å². The number of hydrogen-bond donors (Lipinski definition) is 1. The molecule has 1 N–H and O–H groups in total. The van der Waals surface area contributed by atoms with Gasteiger partial charge in [0.1, 0.15) is 5.82 Å². The lowest BCUT2D eigenvalue weighted by molar-refractivity contribution is 0.884. The molecule has 0 radical (unpaired) electrons. The first-order chi connectivity index (χ1) is 8.81. The lowest BCUT2D eigenvalue weighted by atomic mass is 10.1. The third-order valence-electron chi connectivity index (χ3n) is 2.96. The number of H-pyrrole nitrogens is 1. The molecule has 0 aliphatic carbocycles. The van der Waals surface area contributed by atoms with Gasteiger partial charge in [-0.15, -0.1) is 0 Å². The minimum Gasteiger partial charge on any atom is -0.272 e. The Balaban J connectivity index is 2.38. The van der Waals surface area contributed by atoms with Gasteiger partial charge in [-0.25, -0.2) is 0 Å². The van der Waals surface area contributed by atoms with Crippen molar-refractivity contribution < 1.29 is 0 Å². The van der Waals surface area contributed by atoms with Crippen molar-refractivity contribution in [2.75, 3.05) is 0 Å². The van der Waals surface area contributed by atoms with Crippen molar-refractivity contribution in [1.82, 2.24) is 19.7 Å². The summed E-state index contributed by atoms with van der Waals surface area (Å²) in [7, 11) is 0. The zero-order valence-electron chi connectivity index (χ0n) is 9.92. The second kappa shape index (κ2) is 4.34.